The van der Waals surface area contributed by atoms with E-state index >= 15 is 0 Å². The van der Waals surface area contributed by atoms with E-state index in [2.05, 4.69) is 4.74 Å². The molecule has 0 fully saturated rings. The van der Waals surface area contributed by atoms with Gasteiger partial charge in [-0.05, 0) is 18.4 Å². The molecule has 4 nitrogen and oxygen atoms in total. The molecule has 19 heavy (non-hydrogen) atoms. The Bertz CT molecular complexity index is 403. The lowest BCUT2D eigenvalue weighted by Gasteiger charge is -2.16. The fourth-order valence-corrected chi connectivity index (χ4v) is 1.77. The molecule has 0 heterocycles. The molecular formula is C15H21NO3. The zero-order valence-electron chi connectivity index (χ0n) is 11.6. The van der Waals surface area contributed by atoms with Crippen molar-refractivity contribution in [3.63, 3.8) is 0 Å². The summed E-state index contributed by atoms with van der Waals surface area (Å²) in [6, 6.07) is 9.94. The van der Waals surface area contributed by atoms with Crippen LogP contribution in [0.1, 0.15) is 24.8 Å². The van der Waals surface area contributed by atoms with Gasteiger partial charge < -0.3 is 9.64 Å². The monoisotopic (exact) mass is 263 g/mol. The molecule has 1 amide bonds. The zero-order chi connectivity index (χ0) is 14.1. The van der Waals surface area contributed by atoms with E-state index in [4.69, 9.17) is 0 Å². The van der Waals surface area contributed by atoms with E-state index < -0.39 is 0 Å². The van der Waals surface area contributed by atoms with Crippen molar-refractivity contribution in [2.24, 2.45) is 0 Å². The van der Waals surface area contributed by atoms with Gasteiger partial charge in [0.15, 0.2) is 0 Å². The summed E-state index contributed by atoms with van der Waals surface area (Å²) in [6.07, 6.45) is 2.24. The van der Waals surface area contributed by atoms with Gasteiger partial charge in [0.1, 0.15) is 0 Å². The Labute approximate surface area is 114 Å². The maximum absolute atomic E-state index is 11.9. The van der Waals surface area contributed by atoms with Gasteiger partial charge in [0.05, 0.1) is 7.11 Å². The van der Waals surface area contributed by atoms with Crippen LogP contribution in [0.15, 0.2) is 30.3 Å². The Hall–Kier alpha value is -1.84. The van der Waals surface area contributed by atoms with Crippen molar-refractivity contribution in [3.05, 3.63) is 35.9 Å². The molecule has 0 radical (unpaired) electrons. The van der Waals surface area contributed by atoms with E-state index in [9.17, 15) is 9.59 Å². The molecule has 4 heteroatoms. The number of methoxy groups -OCH3 is 1. The number of ether oxygens (including phenoxy) is 1. The van der Waals surface area contributed by atoms with Gasteiger partial charge in [0.25, 0.3) is 0 Å². The van der Waals surface area contributed by atoms with Crippen LogP contribution in [-0.2, 0) is 20.7 Å². The highest BCUT2D eigenvalue weighted by molar-refractivity contribution is 5.76. The molecule has 0 N–H and O–H groups in total. The van der Waals surface area contributed by atoms with Crippen LogP contribution in [0.25, 0.3) is 0 Å². The molecule has 0 atom stereocenters. The summed E-state index contributed by atoms with van der Waals surface area (Å²) in [5, 5.41) is 0. The molecule has 0 aliphatic rings. The average molecular weight is 263 g/mol. The summed E-state index contributed by atoms with van der Waals surface area (Å²) in [7, 11) is 3.14. The molecule has 1 rings (SSSR count). The van der Waals surface area contributed by atoms with Crippen molar-refractivity contribution in [2.45, 2.75) is 25.7 Å². The minimum atomic E-state index is -0.231. The predicted octanol–water partition coefficient (Wildman–Crippen LogP) is 2.03. The van der Waals surface area contributed by atoms with Crippen LogP contribution in [0.3, 0.4) is 0 Å². The Morgan fingerprint density at radius 2 is 1.84 bits per heavy atom. The smallest absolute Gasteiger partial charge is 0.305 e. The van der Waals surface area contributed by atoms with Gasteiger partial charge in [-0.25, -0.2) is 0 Å². The molecule has 1 aromatic carbocycles. The SMILES string of the molecule is COC(=O)CCCN(C)C(=O)CCc1ccccc1. The molecule has 104 valence electrons. The molecule has 0 bridgehead atoms. The van der Waals surface area contributed by atoms with Crippen molar-refractivity contribution in [1.29, 1.82) is 0 Å². The zero-order valence-corrected chi connectivity index (χ0v) is 11.6. The summed E-state index contributed by atoms with van der Waals surface area (Å²) >= 11 is 0. The topological polar surface area (TPSA) is 46.6 Å². The van der Waals surface area contributed by atoms with E-state index in [-0.39, 0.29) is 11.9 Å². The van der Waals surface area contributed by atoms with E-state index in [1.807, 2.05) is 30.3 Å². The number of carbonyl (C=O) groups excluding carboxylic acids is 2. The summed E-state index contributed by atoms with van der Waals surface area (Å²) in [5.74, 6) is -0.126. The van der Waals surface area contributed by atoms with Gasteiger partial charge >= 0.3 is 5.97 Å². The number of esters is 1. The third-order valence-electron chi connectivity index (χ3n) is 3.00. The summed E-state index contributed by atoms with van der Waals surface area (Å²) in [6.45, 7) is 0.586. The van der Waals surface area contributed by atoms with E-state index in [0.717, 1.165) is 6.42 Å². The van der Waals surface area contributed by atoms with Crippen molar-refractivity contribution in [2.75, 3.05) is 20.7 Å². The van der Waals surface area contributed by atoms with Gasteiger partial charge in [-0.15, -0.1) is 0 Å². The van der Waals surface area contributed by atoms with Crippen molar-refractivity contribution in [3.8, 4) is 0 Å². The molecule has 0 spiro atoms. The number of carbonyl (C=O) groups is 2. The number of nitrogens with zero attached hydrogens (tertiary/aromatic N) is 1. The number of amides is 1. The fourth-order valence-electron chi connectivity index (χ4n) is 1.77. The molecule has 0 saturated heterocycles. The number of aryl methyl sites for hydroxylation is 1. The van der Waals surface area contributed by atoms with Crippen LogP contribution in [0.2, 0.25) is 0 Å². The first-order valence-corrected chi connectivity index (χ1v) is 6.48. The third kappa shape index (κ3) is 6.04. The van der Waals surface area contributed by atoms with E-state index in [0.29, 0.717) is 25.8 Å². The highest BCUT2D eigenvalue weighted by Crippen LogP contribution is 2.05. The second-order valence-electron chi connectivity index (χ2n) is 4.48. The van der Waals surface area contributed by atoms with Gasteiger partial charge in [-0.1, -0.05) is 30.3 Å². The van der Waals surface area contributed by atoms with E-state index in [1.54, 1.807) is 11.9 Å². The second kappa shape index (κ2) is 8.29. The van der Waals surface area contributed by atoms with Gasteiger partial charge in [0.2, 0.25) is 5.91 Å². The first-order valence-electron chi connectivity index (χ1n) is 6.48. The van der Waals surface area contributed by atoms with Gasteiger partial charge in [-0.3, -0.25) is 9.59 Å². The third-order valence-corrected chi connectivity index (χ3v) is 3.00. The normalized spacial score (nSPS) is 10.0. The fraction of sp³-hybridized carbons (Fsp3) is 0.467. The Morgan fingerprint density at radius 3 is 2.47 bits per heavy atom. The van der Waals surface area contributed by atoms with Crippen LogP contribution in [0.5, 0.6) is 0 Å². The van der Waals surface area contributed by atoms with Crippen molar-refractivity contribution in [1.82, 2.24) is 4.90 Å². The highest BCUT2D eigenvalue weighted by Gasteiger charge is 2.09. The molecule has 0 aliphatic carbocycles. The Balaban J connectivity index is 2.23. The number of hydrogen-bond donors (Lipinski definition) is 0. The maximum Gasteiger partial charge on any atom is 0.305 e. The van der Waals surface area contributed by atoms with Crippen LogP contribution >= 0.6 is 0 Å². The van der Waals surface area contributed by atoms with Crippen LogP contribution < -0.4 is 0 Å². The molecule has 0 saturated carbocycles. The Morgan fingerprint density at radius 1 is 1.16 bits per heavy atom. The molecular weight excluding hydrogens is 242 g/mol. The number of benzene rings is 1. The predicted molar refractivity (Wildman–Crippen MR) is 73.7 cm³/mol. The largest absolute Gasteiger partial charge is 0.469 e. The van der Waals surface area contributed by atoms with E-state index in [1.165, 1.54) is 12.7 Å². The quantitative estimate of drug-likeness (QED) is 0.707. The summed E-state index contributed by atoms with van der Waals surface area (Å²) in [5.41, 5.74) is 1.17. The average Bonchev–Trinajstić information content (AvgIpc) is 2.45. The van der Waals surface area contributed by atoms with Crippen molar-refractivity contribution >= 4 is 11.9 Å². The van der Waals surface area contributed by atoms with Crippen molar-refractivity contribution < 1.29 is 14.3 Å². The molecule has 0 aliphatic heterocycles. The molecule has 0 aromatic heterocycles. The minimum absolute atomic E-state index is 0.105. The lowest BCUT2D eigenvalue weighted by atomic mass is 10.1. The highest BCUT2D eigenvalue weighted by atomic mass is 16.5. The number of hydrogen-bond acceptors (Lipinski definition) is 3. The summed E-state index contributed by atoms with van der Waals surface area (Å²) in [4.78, 5) is 24.5. The first kappa shape index (κ1) is 15.2. The number of rotatable bonds is 7. The van der Waals surface area contributed by atoms with Crippen LogP contribution in [0.4, 0.5) is 0 Å². The Kier molecular flexibility index (Phi) is 6.64. The standard InChI is InChI=1S/C15H21NO3/c1-16(12-6-9-15(18)19-2)14(17)11-10-13-7-4-3-5-8-13/h3-5,7-8H,6,9-12H2,1-2H3. The lowest BCUT2D eigenvalue weighted by Crippen LogP contribution is -2.28. The van der Waals surface area contributed by atoms with Gasteiger partial charge in [-0.2, -0.15) is 0 Å². The van der Waals surface area contributed by atoms with Gasteiger partial charge in [0, 0.05) is 26.4 Å². The van der Waals surface area contributed by atoms with Crippen LogP contribution in [0, 0.1) is 0 Å². The molecule has 0 unspecified atom stereocenters. The van der Waals surface area contributed by atoms with Crippen LogP contribution in [-0.4, -0.2) is 37.5 Å². The minimum Gasteiger partial charge on any atom is -0.469 e. The first-order chi connectivity index (χ1) is 9.13. The second-order valence-corrected chi connectivity index (χ2v) is 4.48. The molecule has 1 aromatic rings. The lowest BCUT2D eigenvalue weighted by molar-refractivity contribution is -0.141. The maximum atomic E-state index is 11.9. The summed E-state index contributed by atoms with van der Waals surface area (Å²) < 4.78 is 4.56.